The second-order valence-electron chi connectivity index (χ2n) is 6.60. The lowest BCUT2D eigenvalue weighted by molar-refractivity contribution is 0.102. The van der Waals surface area contributed by atoms with Crippen LogP contribution in [-0.4, -0.2) is 12.5 Å². The van der Waals surface area contributed by atoms with Gasteiger partial charge in [0.05, 0.1) is 0 Å². The predicted molar refractivity (Wildman–Crippen MR) is 102 cm³/mol. The van der Waals surface area contributed by atoms with Gasteiger partial charge in [-0.2, -0.15) is 0 Å². The van der Waals surface area contributed by atoms with Gasteiger partial charge in [-0.1, -0.05) is 12.1 Å². The van der Waals surface area contributed by atoms with Crippen molar-refractivity contribution < 1.29 is 13.6 Å². The molecule has 0 radical (unpaired) electrons. The van der Waals surface area contributed by atoms with Crippen molar-refractivity contribution in [2.45, 2.75) is 13.0 Å². The van der Waals surface area contributed by atoms with E-state index in [-0.39, 0.29) is 17.5 Å². The van der Waals surface area contributed by atoms with E-state index in [9.17, 15) is 13.6 Å². The third-order valence-electron chi connectivity index (χ3n) is 4.72. The van der Waals surface area contributed by atoms with Crippen LogP contribution in [0.1, 0.15) is 21.5 Å². The molecule has 1 aliphatic heterocycles. The number of rotatable bonds is 4. The third-order valence-corrected chi connectivity index (χ3v) is 4.72. The quantitative estimate of drug-likeness (QED) is 0.723. The van der Waals surface area contributed by atoms with Crippen LogP contribution >= 0.6 is 0 Å². The van der Waals surface area contributed by atoms with Crippen LogP contribution < -0.4 is 10.2 Å². The molecular weight excluding hydrogens is 346 g/mol. The predicted octanol–water partition coefficient (Wildman–Crippen LogP) is 4.78. The Morgan fingerprint density at radius 1 is 0.926 bits per heavy atom. The molecule has 0 unspecified atom stereocenters. The van der Waals surface area contributed by atoms with Gasteiger partial charge in [0.1, 0.15) is 11.6 Å². The van der Waals surface area contributed by atoms with E-state index in [0.29, 0.717) is 17.8 Å². The average molecular weight is 364 g/mol. The first kappa shape index (κ1) is 17.2. The molecule has 0 saturated heterocycles. The highest BCUT2D eigenvalue weighted by Gasteiger charge is 2.20. The molecule has 5 heteroatoms. The van der Waals surface area contributed by atoms with E-state index in [1.165, 1.54) is 36.4 Å². The van der Waals surface area contributed by atoms with Crippen LogP contribution in [0.5, 0.6) is 0 Å². The number of hydrogen-bond acceptors (Lipinski definition) is 2. The van der Waals surface area contributed by atoms with Gasteiger partial charge in [-0.05, 0) is 72.1 Å². The lowest BCUT2D eigenvalue weighted by Crippen LogP contribution is -2.19. The number of anilines is 2. The minimum atomic E-state index is -0.370. The van der Waals surface area contributed by atoms with Gasteiger partial charge in [-0.25, -0.2) is 8.78 Å². The van der Waals surface area contributed by atoms with Crippen LogP contribution in [0.15, 0.2) is 66.7 Å². The summed E-state index contributed by atoms with van der Waals surface area (Å²) in [4.78, 5) is 14.5. The van der Waals surface area contributed by atoms with Crippen LogP contribution in [0.3, 0.4) is 0 Å². The molecule has 0 atom stereocenters. The lowest BCUT2D eigenvalue weighted by atomic mass is 10.1. The van der Waals surface area contributed by atoms with Gasteiger partial charge in [0.25, 0.3) is 5.91 Å². The van der Waals surface area contributed by atoms with Crippen molar-refractivity contribution in [2.24, 2.45) is 0 Å². The SMILES string of the molecule is O=C(Nc1ccc2c(c1)CCN2Cc1ccc(F)cc1)c1ccc(F)cc1. The van der Waals surface area contributed by atoms with E-state index in [0.717, 1.165) is 29.8 Å². The van der Waals surface area contributed by atoms with E-state index in [2.05, 4.69) is 10.2 Å². The number of fused-ring (bicyclic) bond motifs is 1. The summed E-state index contributed by atoms with van der Waals surface area (Å²) >= 11 is 0. The molecule has 1 heterocycles. The van der Waals surface area contributed by atoms with Crippen LogP contribution in [0.2, 0.25) is 0 Å². The zero-order valence-corrected chi connectivity index (χ0v) is 14.6. The first-order chi connectivity index (χ1) is 13.1. The molecule has 0 aliphatic carbocycles. The number of hydrogen-bond donors (Lipinski definition) is 1. The smallest absolute Gasteiger partial charge is 0.255 e. The average Bonchev–Trinajstić information content (AvgIpc) is 3.06. The molecule has 0 bridgehead atoms. The fourth-order valence-electron chi connectivity index (χ4n) is 3.33. The standard InChI is InChI=1S/C22H18F2N2O/c23-18-5-1-15(2-6-18)14-26-12-11-17-13-20(9-10-21(17)26)25-22(27)16-3-7-19(24)8-4-16/h1-10,13H,11-12,14H2,(H,25,27). The Bertz CT molecular complexity index is 969. The minimum absolute atomic E-state index is 0.234. The van der Waals surface area contributed by atoms with E-state index in [4.69, 9.17) is 0 Å². The van der Waals surface area contributed by atoms with Crippen LogP contribution in [0.25, 0.3) is 0 Å². The first-order valence-electron chi connectivity index (χ1n) is 8.78. The highest BCUT2D eigenvalue weighted by Crippen LogP contribution is 2.31. The van der Waals surface area contributed by atoms with Gasteiger partial charge < -0.3 is 10.2 Å². The fourth-order valence-corrected chi connectivity index (χ4v) is 3.33. The summed E-state index contributed by atoms with van der Waals surface area (Å²) in [6, 6.07) is 17.8. The maximum absolute atomic E-state index is 13.1. The summed E-state index contributed by atoms with van der Waals surface area (Å²) in [5.74, 6) is -0.872. The number of halogens is 2. The van der Waals surface area contributed by atoms with Crippen molar-refractivity contribution in [1.82, 2.24) is 0 Å². The van der Waals surface area contributed by atoms with Gasteiger partial charge in [-0.15, -0.1) is 0 Å². The summed E-state index contributed by atoms with van der Waals surface area (Å²) in [6.45, 7) is 1.59. The number of carbonyl (C=O) groups excluding carboxylic acids is 1. The zero-order chi connectivity index (χ0) is 18.8. The molecule has 3 nitrogen and oxygen atoms in total. The molecule has 3 aromatic rings. The largest absolute Gasteiger partial charge is 0.367 e. The van der Waals surface area contributed by atoms with E-state index in [1.54, 1.807) is 12.1 Å². The molecule has 27 heavy (non-hydrogen) atoms. The summed E-state index contributed by atoms with van der Waals surface area (Å²) in [6.07, 6.45) is 0.886. The molecule has 0 saturated carbocycles. The van der Waals surface area contributed by atoms with Gasteiger partial charge in [0.2, 0.25) is 0 Å². The van der Waals surface area contributed by atoms with Crippen molar-refractivity contribution in [2.75, 3.05) is 16.8 Å². The summed E-state index contributed by atoms with van der Waals surface area (Å²) in [5.41, 5.74) is 4.47. The Kier molecular flexibility index (Phi) is 4.59. The molecule has 1 aliphatic rings. The van der Waals surface area contributed by atoms with Gasteiger partial charge in [0, 0.05) is 30.0 Å². The second kappa shape index (κ2) is 7.19. The normalized spacial score (nSPS) is 12.7. The van der Waals surface area contributed by atoms with E-state index in [1.807, 2.05) is 18.2 Å². The maximum atomic E-state index is 13.1. The molecule has 1 amide bonds. The maximum Gasteiger partial charge on any atom is 0.255 e. The highest BCUT2D eigenvalue weighted by molar-refractivity contribution is 6.04. The summed E-state index contributed by atoms with van der Waals surface area (Å²) < 4.78 is 26.0. The molecule has 0 fully saturated rings. The number of nitrogens with one attached hydrogen (secondary N) is 1. The number of nitrogens with zero attached hydrogens (tertiary/aromatic N) is 1. The van der Waals surface area contributed by atoms with Crippen molar-refractivity contribution in [3.63, 3.8) is 0 Å². The topological polar surface area (TPSA) is 32.3 Å². The number of benzene rings is 3. The van der Waals surface area contributed by atoms with Crippen molar-refractivity contribution in [1.29, 1.82) is 0 Å². The molecule has 1 N–H and O–H groups in total. The lowest BCUT2D eigenvalue weighted by Gasteiger charge is -2.20. The monoisotopic (exact) mass is 364 g/mol. The Labute approximate surface area is 156 Å². The zero-order valence-electron chi connectivity index (χ0n) is 14.6. The fraction of sp³-hybridized carbons (Fsp3) is 0.136. The van der Waals surface area contributed by atoms with Crippen LogP contribution in [0, 0.1) is 11.6 Å². The Balaban J connectivity index is 1.47. The molecule has 4 rings (SSSR count). The van der Waals surface area contributed by atoms with E-state index < -0.39 is 0 Å². The summed E-state index contributed by atoms with van der Waals surface area (Å²) in [5, 5.41) is 2.86. The Morgan fingerprint density at radius 3 is 2.30 bits per heavy atom. The Morgan fingerprint density at radius 2 is 1.59 bits per heavy atom. The van der Waals surface area contributed by atoms with Crippen molar-refractivity contribution in [3.8, 4) is 0 Å². The van der Waals surface area contributed by atoms with Gasteiger partial charge >= 0.3 is 0 Å². The van der Waals surface area contributed by atoms with Crippen LogP contribution in [-0.2, 0) is 13.0 Å². The van der Waals surface area contributed by atoms with E-state index >= 15 is 0 Å². The van der Waals surface area contributed by atoms with Crippen LogP contribution in [0.4, 0.5) is 20.2 Å². The Hall–Kier alpha value is -3.21. The molecule has 3 aromatic carbocycles. The second-order valence-corrected chi connectivity index (χ2v) is 6.60. The minimum Gasteiger partial charge on any atom is -0.367 e. The number of carbonyl (C=O) groups is 1. The molecule has 0 aromatic heterocycles. The molecule has 136 valence electrons. The van der Waals surface area contributed by atoms with Crippen molar-refractivity contribution in [3.05, 3.63) is 95.1 Å². The third kappa shape index (κ3) is 3.82. The van der Waals surface area contributed by atoms with Gasteiger partial charge in [-0.3, -0.25) is 4.79 Å². The molecule has 0 spiro atoms. The molecular formula is C22H18F2N2O. The van der Waals surface area contributed by atoms with Gasteiger partial charge in [0.15, 0.2) is 0 Å². The van der Waals surface area contributed by atoms with Crippen molar-refractivity contribution >= 4 is 17.3 Å². The number of amides is 1. The first-order valence-corrected chi connectivity index (χ1v) is 8.78. The summed E-state index contributed by atoms with van der Waals surface area (Å²) in [7, 11) is 0. The highest BCUT2D eigenvalue weighted by atomic mass is 19.1.